The Labute approximate surface area is 113 Å². The smallest absolute Gasteiger partial charge is 0.123 e. The number of ether oxygens (including phenoxy) is 1. The van der Waals surface area contributed by atoms with E-state index in [0.717, 1.165) is 24.2 Å². The van der Waals surface area contributed by atoms with Gasteiger partial charge in [0.1, 0.15) is 17.7 Å². The van der Waals surface area contributed by atoms with E-state index in [-0.39, 0.29) is 17.3 Å². The number of hydrogen-bond acceptors (Lipinski definition) is 1. The van der Waals surface area contributed by atoms with E-state index in [1.165, 1.54) is 6.07 Å². The van der Waals surface area contributed by atoms with Crippen molar-refractivity contribution in [2.75, 3.05) is 0 Å². The van der Waals surface area contributed by atoms with Crippen LogP contribution in [-0.4, -0.2) is 11.5 Å². The lowest BCUT2D eigenvalue weighted by atomic mass is 9.86. The van der Waals surface area contributed by atoms with Crippen molar-refractivity contribution in [1.82, 2.24) is 0 Å². The molecular weight excluding hydrogens is 251 g/mol. The molecule has 0 N–H and O–H groups in total. The number of halogens is 2. The van der Waals surface area contributed by atoms with Crippen LogP contribution in [-0.2, 0) is 6.42 Å². The Balaban J connectivity index is 2.02. The van der Waals surface area contributed by atoms with E-state index in [1.54, 1.807) is 12.1 Å². The first-order valence-corrected chi connectivity index (χ1v) is 7.00. The van der Waals surface area contributed by atoms with Crippen molar-refractivity contribution in [3.8, 4) is 5.75 Å². The van der Waals surface area contributed by atoms with Crippen LogP contribution in [0.2, 0.25) is 0 Å². The van der Waals surface area contributed by atoms with E-state index in [1.807, 2.05) is 6.92 Å². The maximum Gasteiger partial charge on any atom is 0.123 e. The van der Waals surface area contributed by atoms with Crippen molar-refractivity contribution in [2.45, 2.75) is 45.1 Å². The lowest BCUT2D eigenvalue weighted by Gasteiger charge is -2.26. The minimum Gasteiger partial charge on any atom is -0.490 e. The van der Waals surface area contributed by atoms with Crippen molar-refractivity contribution in [3.63, 3.8) is 0 Å². The lowest BCUT2D eigenvalue weighted by molar-refractivity contribution is 0.174. The molecule has 1 aliphatic rings. The summed E-state index contributed by atoms with van der Waals surface area (Å²) in [5.74, 6) is 1.59. The molecule has 3 unspecified atom stereocenters. The summed E-state index contributed by atoms with van der Waals surface area (Å²) in [5.41, 5.74) is 0.977. The second kappa shape index (κ2) is 5.48. The standard InChI is InChI=1S/C15H20ClFO/c1-9(2)14(10(3)16)8-13-7-11-6-12(17)4-5-15(11)18-13/h4-6,9-10,13-14H,7-8H2,1-3H3. The van der Waals surface area contributed by atoms with Gasteiger partial charge in [0.15, 0.2) is 0 Å². The van der Waals surface area contributed by atoms with Crippen LogP contribution < -0.4 is 4.74 Å². The van der Waals surface area contributed by atoms with Gasteiger partial charge in [-0.15, -0.1) is 11.6 Å². The molecule has 100 valence electrons. The number of hydrogen-bond donors (Lipinski definition) is 0. The van der Waals surface area contributed by atoms with Gasteiger partial charge in [0, 0.05) is 17.4 Å². The van der Waals surface area contributed by atoms with Gasteiger partial charge in [-0.05, 0) is 43.4 Å². The predicted octanol–water partition coefficient (Wildman–Crippen LogP) is 4.42. The van der Waals surface area contributed by atoms with Crippen molar-refractivity contribution in [2.24, 2.45) is 11.8 Å². The van der Waals surface area contributed by atoms with Gasteiger partial charge in [0.25, 0.3) is 0 Å². The molecule has 0 saturated heterocycles. The molecule has 0 amide bonds. The van der Waals surface area contributed by atoms with E-state index in [4.69, 9.17) is 16.3 Å². The molecule has 0 saturated carbocycles. The zero-order valence-corrected chi connectivity index (χ0v) is 11.9. The van der Waals surface area contributed by atoms with Crippen molar-refractivity contribution >= 4 is 11.6 Å². The molecule has 18 heavy (non-hydrogen) atoms. The first kappa shape index (κ1) is 13.7. The Bertz CT molecular complexity index is 409. The van der Waals surface area contributed by atoms with Gasteiger partial charge in [0.05, 0.1) is 0 Å². The highest BCUT2D eigenvalue weighted by Crippen LogP contribution is 2.34. The van der Waals surface area contributed by atoms with Crippen LogP contribution in [0.25, 0.3) is 0 Å². The molecule has 0 fully saturated rings. The topological polar surface area (TPSA) is 9.23 Å². The average Bonchev–Trinajstić information content (AvgIpc) is 2.66. The third kappa shape index (κ3) is 2.97. The minimum absolute atomic E-state index is 0.133. The van der Waals surface area contributed by atoms with Gasteiger partial charge in [-0.1, -0.05) is 13.8 Å². The quantitative estimate of drug-likeness (QED) is 0.736. The SMILES string of the molecule is CC(C)C(CC1Cc2cc(F)ccc2O1)C(C)Cl. The summed E-state index contributed by atoms with van der Waals surface area (Å²) in [6, 6.07) is 4.74. The van der Waals surface area contributed by atoms with Gasteiger partial charge in [-0.3, -0.25) is 0 Å². The molecule has 1 aromatic rings. The largest absolute Gasteiger partial charge is 0.490 e. The van der Waals surface area contributed by atoms with E-state index in [0.29, 0.717) is 11.8 Å². The van der Waals surface area contributed by atoms with Gasteiger partial charge in [-0.25, -0.2) is 4.39 Å². The van der Waals surface area contributed by atoms with Crippen LogP contribution in [0.3, 0.4) is 0 Å². The minimum atomic E-state index is -0.191. The Hall–Kier alpha value is -0.760. The monoisotopic (exact) mass is 270 g/mol. The summed E-state index contributed by atoms with van der Waals surface area (Å²) in [6.45, 7) is 6.41. The third-order valence-electron chi connectivity index (χ3n) is 3.75. The molecule has 0 aromatic heterocycles. The molecule has 0 radical (unpaired) electrons. The molecule has 2 rings (SSSR count). The van der Waals surface area contributed by atoms with E-state index in [2.05, 4.69) is 13.8 Å². The number of alkyl halides is 1. The maximum absolute atomic E-state index is 13.1. The van der Waals surface area contributed by atoms with Crippen molar-refractivity contribution in [3.05, 3.63) is 29.6 Å². The molecule has 1 aliphatic heterocycles. The normalized spacial score (nSPS) is 21.6. The maximum atomic E-state index is 13.1. The zero-order chi connectivity index (χ0) is 13.3. The van der Waals surface area contributed by atoms with Gasteiger partial charge >= 0.3 is 0 Å². The van der Waals surface area contributed by atoms with Gasteiger partial charge in [0.2, 0.25) is 0 Å². The zero-order valence-electron chi connectivity index (χ0n) is 11.1. The van der Waals surface area contributed by atoms with Gasteiger partial charge in [-0.2, -0.15) is 0 Å². The third-order valence-corrected chi connectivity index (χ3v) is 4.07. The van der Waals surface area contributed by atoms with E-state index in [9.17, 15) is 4.39 Å². The van der Waals surface area contributed by atoms with Crippen LogP contribution in [0.5, 0.6) is 5.75 Å². The molecular formula is C15H20ClFO. The van der Waals surface area contributed by atoms with E-state index < -0.39 is 0 Å². The summed E-state index contributed by atoms with van der Waals surface area (Å²) < 4.78 is 19.0. The Kier molecular flexibility index (Phi) is 4.16. The fourth-order valence-electron chi connectivity index (χ4n) is 2.71. The summed E-state index contributed by atoms with van der Waals surface area (Å²) in [5, 5.41) is 0.133. The fourth-order valence-corrected chi connectivity index (χ4v) is 3.11. The van der Waals surface area contributed by atoms with E-state index >= 15 is 0 Å². The van der Waals surface area contributed by atoms with Crippen LogP contribution in [0.15, 0.2) is 18.2 Å². The van der Waals surface area contributed by atoms with Crippen molar-refractivity contribution < 1.29 is 9.13 Å². The summed E-state index contributed by atoms with van der Waals surface area (Å²) in [6.07, 6.45) is 1.86. The highest BCUT2D eigenvalue weighted by molar-refractivity contribution is 6.20. The number of fused-ring (bicyclic) bond motifs is 1. The fraction of sp³-hybridized carbons (Fsp3) is 0.600. The molecule has 0 aliphatic carbocycles. The van der Waals surface area contributed by atoms with Crippen LogP contribution >= 0.6 is 11.6 Å². The first-order valence-electron chi connectivity index (χ1n) is 6.56. The summed E-state index contributed by atoms with van der Waals surface area (Å²) >= 11 is 6.24. The second-order valence-electron chi connectivity index (χ2n) is 5.52. The average molecular weight is 271 g/mol. The number of benzene rings is 1. The van der Waals surface area contributed by atoms with Crippen LogP contribution in [0.1, 0.15) is 32.8 Å². The molecule has 0 bridgehead atoms. The molecule has 1 aromatic carbocycles. The van der Waals surface area contributed by atoms with Gasteiger partial charge < -0.3 is 4.74 Å². The first-order chi connectivity index (χ1) is 8.47. The lowest BCUT2D eigenvalue weighted by Crippen LogP contribution is -2.26. The second-order valence-corrected chi connectivity index (χ2v) is 6.21. The molecule has 1 nitrogen and oxygen atoms in total. The molecule has 0 spiro atoms. The van der Waals surface area contributed by atoms with Crippen LogP contribution in [0.4, 0.5) is 4.39 Å². The summed E-state index contributed by atoms with van der Waals surface area (Å²) in [4.78, 5) is 0. The highest BCUT2D eigenvalue weighted by Gasteiger charge is 2.29. The molecule has 1 heterocycles. The Morgan fingerprint density at radius 1 is 1.39 bits per heavy atom. The molecule has 3 atom stereocenters. The predicted molar refractivity (Wildman–Crippen MR) is 72.8 cm³/mol. The summed E-state index contributed by atoms with van der Waals surface area (Å²) in [7, 11) is 0. The highest BCUT2D eigenvalue weighted by atomic mass is 35.5. The Morgan fingerprint density at radius 2 is 2.11 bits per heavy atom. The Morgan fingerprint density at radius 3 is 2.72 bits per heavy atom. The number of rotatable bonds is 4. The van der Waals surface area contributed by atoms with Crippen LogP contribution in [0, 0.1) is 17.7 Å². The van der Waals surface area contributed by atoms with Crippen molar-refractivity contribution in [1.29, 1.82) is 0 Å². The molecule has 3 heteroatoms.